The monoisotopic (exact) mass is 373 g/mol. The van der Waals surface area contributed by atoms with Crippen molar-refractivity contribution in [2.45, 2.75) is 19.4 Å². The number of nitrogens with one attached hydrogen (secondary N) is 1. The van der Waals surface area contributed by atoms with Gasteiger partial charge in [0, 0.05) is 18.6 Å². The van der Waals surface area contributed by atoms with Crippen LogP contribution in [0.4, 0.5) is 5.95 Å². The van der Waals surface area contributed by atoms with Crippen molar-refractivity contribution in [3.63, 3.8) is 0 Å². The molecule has 11 nitrogen and oxygen atoms in total. The second-order valence-electron chi connectivity index (χ2n) is 5.87. The van der Waals surface area contributed by atoms with Crippen LogP contribution in [0.2, 0.25) is 0 Å². The Balaban J connectivity index is 1.75. The molecule has 1 aliphatic rings. The number of phosphoric ester groups is 1. The first-order valence-electron chi connectivity index (χ1n) is 7.81. The molecule has 2 aromatic heterocycles. The van der Waals surface area contributed by atoms with Crippen molar-refractivity contribution in [1.29, 1.82) is 0 Å². The number of phosphoric acid groups is 1. The van der Waals surface area contributed by atoms with Crippen molar-refractivity contribution < 1.29 is 23.6 Å². The molecule has 4 atom stereocenters. The summed E-state index contributed by atoms with van der Waals surface area (Å²) in [4.78, 5) is 31.8. The Morgan fingerprint density at radius 2 is 2.28 bits per heavy atom. The minimum atomic E-state index is -4.07. The van der Waals surface area contributed by atoms with Crippen LogP contribution < -0.4 is 11.3 Å². The minimum Gasteiger partial charge on any atom is -0.396 e. The minimum absolute atomic E-state index is 0.0156. The highest BCUT2D eigenvalue weighted by Crippen LogP contribution is 2.49. The molecule has 0 amide bonds. The van der Waals surface area contributed by atoms with E-state index in [-0.39, 0.29) is 49.2 Å². The molecule has 1 aliphatic carbocycles. The van der Waals surface area contributed by atoms with Crippen molar-refractivity contribution in [1.82, 2.24) is 19.5 Å². The maximum Gasteiger partial charge on any atom is 0.472 e. The van der Waals surface area contributed by atoms with Crippen molar-refractivity contribution in [2.75, 3.05) is 25.6 Å². The molecule has 138 valence electrons. The number of aliphatic hydroxyl groups is 1. The normalized spacial score (nSPS) is 25.6. The van der Waals surface area contributed by atoms with E-state index in [0.29, 0.717) is 12.1 Å². The number of aromatic nitrogens is 4. The number of nitrogens with zero attached hydrogens (tertiary/aromatic N) is 3. The molecule has 0 aromatic carbocycles. The van der Waals surface area contributed by atoms with Gasteiger partial charge in [-0.05, 0) is 19.3 Å². The molecule has 0 saturated heterocycles. The van der Waals surface area contributed by atoms with Crippen LogP contribution in [0, 0.1) is 11.8 Å². The molecule has 2 heterocycles. The van der Waals surface area contributed by atoms with Gasteiger partial charge in [-0.3, -0.25) is 18.8 Å². The van der Waals surface area contributed by atoms with E-state index in [9.17, 15) is 19.4 Å². The van der Waals surface area contributed by atoms with E-state index in [1.54, 1.807) is 11.5 Å². The Morgan fingerprint density at radius 1 is 1.52 bits per heavy atom. The summed E-state index contributed by atoms with van der Waals surface area (Å²) in [5.41, 5.74) is 5.66. The van der Waals surface area contributed by atoms with E-state index in [0.717, 1.165) is 0 Å². The van der Waals surface area contributed by atoms with Crippen LogP contribution in [0.25, 0.3) is 11.2 Å². The highest BCUT2D eigenvalue weighted by Gasteiger charge is 2.43. The predicted octanol–water partition coefficient (Wildman–Crippen LogP) is 0.0248. The molecule has 0 bridgehead atoms. The van der Waals surface area contributed by atoms with Gasteiger partial charge in [-0.15, -0.1) is 0 Å². The molecule has 25 heavy (non-hydrogen) atoms. The first kappa shape index (κ1) is 18.0. The van der Waals surface area contributed by atoms with Crippen LogP contribution in [0.1, 0.15) is 19.4 Å². The van der Waals surface area contributed by atoms with Crippen LogP contribution in [-0.2, 0) is 13.6 Å². The molecular formula is C13H20N5O6P. The van der Waals surface area contributed by atoms with Crippen molar-refractivity contribution in [3.8, 4) is 0 Å². The van der Waals surface area contributed by atoms with Gasteiger partial charge in [0.1, 0.15) is 0 Å². The molecule has 2 aromatic rings. The number of fused-ring (bicyclic) bond motifs is 1. The van der Waals surface area contributed by atoms with Crippen molar-refractivity contribution >= 4 is 24.9 Å². The zero-order valence-electron chi connectivity index (χ0n) is 13.5. The third-order valence-corrected chi connectivity index (χ3v) is 5.47. The van der Waals surface area contributed by atoms with E-state index < -0.39 is 13.4 Å². The van der Waals surface area contributed by atoms with Gasteiger partial charge in [0.2, 0.25) is 5.95 Å². The lowest BCUT2D eigenvalue weighted by molar-refractivity contribution is -0.00773. The Hall–Kier alpha value is -1.78. The average Bonchev–Trinajstić information content (AvgIpc) is 2.90. The first-order chi connectivity index (χ1) is 11.9. The number of anilines is 1. The summed E-state index contributed by atoms with van der Waals surface area (Å²) in [7, 11) is -4.07. The molecule has 0 aliphatic heterocycles. The molecule has 1 saturated carbocycles. The summed E-state index contributed by atoms with van der Waals surface area (Å²) in [6, 6.07) is -0.164. The number of rotatable bonds is 7. The maximum atomic E-state index is 11.8. The van der Waals surface area contributed by atoms with E-state index >= 15 is 0 Å². The third kappa shape index (κ3) is 3.46. The average molecular weight is 373 g/mol. The molecule has 5 N–H and O–H groups in total. The van der Waals surface area contributed by atoms with Crippen molar-refractivity contribution in [2.24, 2.45) is 11.8 Å². The molecule has 1 unspecified atom stereocenters. The van der Waals surface area contributed by atoms with Gasteiger partial charge in [0.05, 0.1) is 19.5 Å². The number of H-pyrrole nitrogens is 1. The topological polar surface area (TPSA) is 166 Å². The summed E-state index contributed by atoms with van der Waals surface area (Å²) < 4.78 is 22.9. The van der Waals surface area contributed by atoms with Crippen molar-refractivity contribution in [3.05, 3.63) is 16.7 Å². The molecule has 1 fully saturated rings. The van der Waals surface area contributed by atoms with Crippen LogP contribution in [-0.4, -0.2) is 49.3 Å². The van der Waals surface area contributed by atoms with Crippen LogP contribution in [0.3, 0.4) is 0 Å². The Bertz CT molecular complexity index is 866. The number of aliphatic hydroxyl groups excluding tert-OH is 1. The van der Waals surface area contributed by atoms with Gasteiger partial charge in [-0.2, -0.15) is 4.98 Å². The van der Waals surface area contributed by atoms with Gasteiger partial charge in [0.25, 0.3) is 5.56 Å². The highest BCUT2D eigenvalue weighted by atomic mass is 31.2. The Labute approximate surface area is 142 Å². The van der Waals surface area contributed by atoms with E-state index in [1.165, 1.54) is 6.33 Å². The highest BCUT2D eigenvalue weighted by molar-refractivity contribution is 7.47. The lowest BCUT2D eigenvalue weighted by atomic mass is 9.70. The summed E-state index contributed by atoms with van der Waals surface area (Å²) in [5, 5.41) is 9.67. The Kier molecular flexibility index (Phi) is 4.94. The second-order valence-corrected chi connectivity index (χ2v) is 7.32. The molecule has 0 spiro atoms. The lowest BCUT2D eigenvalue weighted by Gasteiger charge is -2.44. The fourth-order valence-corrected chi connectivity index (χ4v) is 3.92. The van der Waals surface area contributed by atoms with Crippen LogP contribution in [0.5, 0.6) is 0 Å². The van der Waals surface area contributed by atoms with Crippen LogP contribution >= 0.6 is 7.82 Å². The molecule has 0 radical (unpaired) electrons. The third-order valence-electron chi connectivity index (χ3n) is 4.41. The quantitative estimate of drug-likeness (QED) is 0.489. The van der Waals surface area contributed by atoms with Gasteiger partial charge < -0.3 is 20.3 Å². The largest absolute Gasteiger partial charge is 0.472 e. The second kappa shape index (κ2) is 6.85. The van der Waals surface area contributed by atoms with Gasteiger partial charge >= 0.3 is 7.82 Å². The number of nitrogens with two attached hydrogens (primary N) is 1. The van der Waals surface area contributed by atoms with E-state index in [2.05, 4.69) is 19.5 Å². The Morgan fingerprint density at radius 3 is 2.96 bits per heavy atom. The summed E-state index contributed by atoms with van der Waals surface area (Å²) in [6.45, 7) is 1.49. The number of hydrogen-bond donors (Lipinski definition) is 4. The van der Waals surface area contributed by atoms with Gasteiger partial charge in [-0.25, -0.2) is 9.55 Å². The summed E-state index contributed by atoms with van der Waals surface area (Å²) in [6.07, 6.45) is 2.05. The number of aromatic amines is 1. The number of imidazole rings is 1. The summed E-state index contributed by atoms with van der Waals surface area (Å²) in [5.74, 6) is -0.383. The fraction of sp³-hybridized carbons (Fsp3) is 0.615. The molecule has 12 heteroatoms. The summed E-state index contributed by atoms with van der Waals surface area (Å²) >= 11 is 0. The number of hydrogen-bond acceptors (Lipinski definition) is 8. The first-order valence-corrected chi connectivity index (χ1v) is 9.31. The van der Waals surface area contributed by atoms with Gasteiger partial charge in [-0.1, -0.05) is 0 Å². The van der Waals surface area contributed by atoms with Gasteiger partial charge in [0.15, 0.2) is 11.2 Å². The fourth-order valence-electron chi connectivity index (χ4n) is 3.14. The lowest BCUT2D eigenvalue weighted by Crippen LogP contribution is -2.42. The zero-order chi connectivity index (χ0) is 18.2. The SMILES string of the molecule is CCOP(=O)(O)OC[C@H]1C[C@@H](n2cnc3c(=O)[nH]c(N)nc32)[C@@H]1CO. The smallest absolute Gasteiger partial charge is 0.396 e. The van der Waals surface area contributed by atoms with Crippen LogP contribution in [0.15, 0.2) is 11.1 Å². The molecular weight excluding hydrogens is 353 g/mol. The zero-order valence-corrected chi connectivity index (χ0v) is 14.4. The predicted molar refractivity (Wildman–Crippen MR) is 87.7 cm³/mol. The van der Waals surface area contributed by atoms with E-state index in [4.69, 9.17) is 10.3 Å². The standard InChI is InChI=1S/C13H20N5O6P/c1-2-23-25(21,22)24-5-7-3-9(8(7)4-19)18-6-15-10-11(18)16-13(14)17-12(10)20/h6-9,19H,2-5H2,1H3,(H,21,22)(H3,14,16,17,20)/t7-,8-,9-/m1/s1. The van der Waals surface area contributed by atoms with E-state index in [1.807, 2.05) is 0 Å². The maximum absolute atomic E-state index is 11.8. The number of nitrogen functional groups attached to an aromatic ring is 1. The molecule has 3 rings (SSSR count).